The van der Waals surface area contributed by atoms with Crippen LogP contribution in [0.4, 0.5) is 0 Å². The molecule has 0 radical (unpaired) electrons. The molecule has 4 N–H and O–H groups in total. The number of nitrogens with one attached hydrogen (secondary N) is 1. The molecule has 1 aromatic heterocycles. The number of aromatic nitrogens is 1. The van der Waals surface area contributed by atoms with Crippen molar-refractivity contribution in [1.82, 2.24) is 5.16 Å². The molecule has 0 amide bonds. The van der Waals surface area contributed by atoms with E-state index >= 15 is 0 Å². The number of aliphatic carboxylic acids is 1. The highest BCUT2D eigenvalue weighted by Gasteiger charge is 2.20. The van der Waals surface area contributed by atoms with Crippen molar-refractivity contribution in [1.29, 1.82) is 0 Å². The second-order valence-electron chi connectivity index (χ2n) is 3.86. The summed E-state index contributed by atoms with van der Waals surface area (Å²) < 4.78 is 5.08. The van der Waals surface area contributed by atoms with Gasteiger partial charge in [0.2, 0.25) is 0 Å². The highest BCUT2D eigenvalue weighted by Crippen LogP contribution is 2.21. The minimum absolute atomic E-state index is 0.0780. The van der Waals surface area contributed by atoms with Crippen LogP contribution in [0.2, 0.25) is 0 Å². The summed E-state index contributed by atoms with van der Waals surface area (Å²) in [6, 6.07) is 7.82. The van der Waals surface area contributed by atoms with Gasteiger partial charge in [0.25, 0.3) is 5.56 Å². The SMILES string of the molecule is N[C@@H](Cc1c(-c2ccccc2)o[nH]c1=O)C(=O)O. The Balaban J connectivity index is 2.40. The molecule has 94 valence electrons. The van der Waals surface area contributed by atoms with Crippen LogP contribution in [-0.2, 0) is 11.2 Å². The molecule has 18 heavy (non-hydrogen) atoms. The first-order valence-corrected chi connectivity index (χ1v) is 5.33. The van der Waals surface area contributed by atoms with Crippen molar-refractivity contribution in [2.75, 3.05) is 0 Å². The number of carboxylic acid groups (broad SMARTS) is 1. The molecule has 2 aromatic rings. The molecule has 6 heteroatoms. The number of carbonyl (C=O) groups is 1. The van der Waals surface area contributed by atoms with E-state index in [1.165, 1.54) is 0 Å². The van der Waals surface area contributed by atoms with Crippen molar-refractivity contribution in [3.05, 3.63) is 46.2 Å². The van der Waals surface area contributed by atoms with Gasteiger partial charge < -0.3 is 15.4 Å². The Labute approximate surface area is 102 Å². The highest BCUT2D eigenvalue weighted by molar-refractivity contribution is 5.74. The summed E-state index contributed by atoms with van der Waals surface area (Å²) in [6.45, 7) is 0. The molecule has 0 aliphatic heterocycles. The first kappa shape index (κ1) is 12.1. The van der Waals surface area contributed by atoms with E-state index in [4.69, 9.17) is 15.4 Å². The average molecular weight is 248 g/mol. The maximum atomic E-state index is 11.6. The highest BCUT2D eigenvalue weighted by atomic mass is 16.5. The van der Waals surface area contributed by atoms with E-state index in [0.717, 1.165) is 0 Å². The minimum Gasteiger partial charge on any atom is -0.480 e. The Hall–Kier alpha value is -2.34. The third kappa shape index (κ3) is 2.33. The molecule has 2 rings (SSSR count). The van der Waals surface area contributed by atoms with E-state index in [0.29, 0.717) is 11.3 Å². The van der Waals surface area contributed by atoms with Gasteiger partial charge in [0.05, 0.1) is 5.56 Å². The van der Waals surface area contributed by atoms with Crippen molar-refractivity contribution in [2.45, 2.75) is 12.5 Å². The smallest absolute Gasteiger partial charge is 0.320 e. The maximum Gasteiger partial charge on any atom is 0.320 e. The number of H-pyrrole nitrogens is 1. The second kappa shape index (κ2) is 4.89. The molecule has 0 aliphatic rings. The summed E-state index contributed by atoms with van der Waals surface area (Å²) >= 11 is 0. The monoisotopic (exact) mass is 248 g/mol. The zero-order valence-electron chi connectivity index (χ0n) is 9.42. The van der Waals surface area contributed by atoms with E-state index in [1.54, 1.807) is 24.3 Å². The van der Waals surface area contributed by atoms with E-state index in [9.17, 15) is 9.59 Å². The quantitative estimate of drug-likeness (QED) is 0.733. The molecule has 0 unspecified atom stereocenters. The molecular weight excluding hydrogens is 236 g/mol. The molecule has 0 spiro atoms. The van der Waals surface area contributed by atoms with Gasteiger partial charge in [-0.25, -0.2) is 0 Å². The van der Waals surface area contributed by atoms with Gasteiger partial charge in [0.15, 0.2) is 5.76 Å². The molecule has 0 aliphatic carbocycles. The summed E-state index contributed by atoms with van der Waals surface area (Å²) in [5, 5.41) is 11.0. The van der Waals surface area contributed by atoms with Gasteiger partial charge in [-0.15, -0.1) is 0 Å². The van der Waals surface area contributed by atoms with Crippen LogP contribution < -0.4 is 11.3 Å². The Bertz CT molecular complexity index is 600. The van der Waals surface area contributed by atoms with Gasteiger partial charge in [-0.1, -0.05) is 30.3 Å². The third-order valence-corrected chi connectivity index (χ3v) is 2.57. The van der Waals surface area contributed by atoms with Crippen molar-refractivity contribution in [3.8, 4) is 11.3 Å². The van der Waals surface area contributed by atoms with Crippen LogP contribution >= 0.6 is 0 Å². The normalized spacial score (nSPS) is 12.3. The summed E-state index contributed by atoms with van der Waals surface area (Å²) in [5.41, 5.74) is 5.92. The van der Waals surface area contributed by atoms with E-state index in [1.807, 2.05) is 6.07 Å². The lowest BCUT2D eigenvalue weighted by Gasteiger charge is -2.04. The topological polar surface area (TPSA) is 109 Å². The molecule has 0 fully saturated rings. The average Bonchev–Trinajstić information content (AvgIpc) is 2.72. The van der Waals surface area contributed by atoms with E-state index < -0.39 is 17.6 Å². The number of rotatable bonds is 4. The summed E-state index contributed by atoms with van der Waals surface area (Å²) in [6.07, 6.45) is -0.0780. The predicted molar refractivity (Wildman–Crippen MR) is 64.1 cm³/mol. The molecule has 0 bridgehead atoms. The Morgan fingerprint density at radius 1 is 1.39 bits per heavy atom. The van der Waals surface area contributed by atoms with Gasteiger partial charge in [0, 0.05) is 12.0 Å². The van der Waals surface area contributed by atoms with Gasteiger partial charge in [-0.2, -0.15) is 5.16 Å². The molecule has 0 saturated heterocycles. The number of hydrogen-bond acceptors (Lipinski definition) is 4. The fourth-order valence-corrected chi connectivity index (χ4v) is 1.64. The largest absolute Gasteiger partial charge is 0.480 e. The Morgan fingerprint density at radius 3 is 2.67 bits per heavy atom. The fourth-order valence-electron chi connectivity index (χ4n) is 1.64. The predicted octanol–water partition coefficient (Wildman–Crippen LogP) is 0.589. The van der Waals surface area contributed by atoms with Crippen LogP contribution in [0, 0.1) is 0 Å². The first-order chi connectivity index (χ1) is 8.59. The van der Waals surface area contributed by atoms with Gasteiger partial charge >= 0.3 is 5.97 Å². The van der Waals surface area contributed by atoms with Gasteiger partial charge in [-0.05, 0) is 0 Å². The Kier molecular flexibility index (Phi) is 3.29. The van der Waals surface area contributed by atoms with Crippen LogP contribution in [0.1, 0.15) is 5.56 Å². The second-order valence-corrected chi connectivity index (χ2v) is 3.86. The molecule has 0 saturated carbocycles. The van der Waals surface area contributed by atoms with Crippen LogP contribution in [0.15, 0.2) is 39.6 Å². The van der Waals surface area contributed by atoms with Crippen molar-refractivity contribution in [2.24, 2.45) is 5.73 Å². The lowest BCUT2D eigenvalue weighted by molar-refractivity contribution is -0.138. The Morgan fingerprint density at radius 2 is 2.06 bits per heavy atom. The third-order valence-electron chi connectivity index (χ3n) is 2.57. The number of hydrogen-bond donors (Lipinski definition) is 3. The minimum atomic E-state index is -1.16. The number of nitrogens with two attached hydrogens (primary N) is 1. The molecule has 1 atom stereocenters. The zero-order valence-corrected chi connectivity index (χ0v) is 9.42. The van der Waals surface area contributed by atoms with Crippen LogP contribution in [0.25, 0.3) is 11.3 Å². The lowest BCUT2D eigenvalue weighted by atomic mass is 10.0. The van der Waals surface area contributed by atoms with Crippen molar-refractivity contribution in [3.63, 3.8) is 0 Å². The molecule has 6 nitrogen and oxygen atoms in total. The summed E-state index contributed by atoms with van der Waals surface area (Å²) in [7, 11) is 0. The van der Waals surface area contributed by atoms with E-state index in [2.05, 4.69) is 5.16 Å². The van der Waals surface area contributed by atoms with Crippen LogP contribution in [0.5, 0.6) is 0 Å². The van der Waals surface area contributed by atoms with Gasteiger partial charge in [0.1, 0.15) is 6.04 Å². The van der Waals surface area contributed by atoms with E-state index in [-0.39, 0.29) is 12.0 Å². The first-order valence-electron chi connectivity index (χ1n) is 5.33. The van der Waals surface area contributed by atoms with Crippen LogP contribution in [-0.4, -0.2) is 22.3 Å². The summed E-state index contributed by atoms with van der Waals surface area (Å²) in [4.78, 5) is 22.3. The van der Waals surface area contributed by atoms with Crippen LogP contribution in [0.3, 0.4) is 0 Å². The maximum absolute atomic E-state index is 11.6. The zero-order chi connectivity index (χ0) is 13.1. The molecular formula is C12H12N2O4. The summed E-state index contributed by atoms with van der Waals surface area (Å²) in [5.74, 6) is -0.827. The number of carboxylic acids is 1. The lowest BCUT2D eigenvalue weighted by Crippen LogP contribution is -2.33. The standard InChI is InChI=1S/C12H12N2O4/c13-9(12(16)17)6-8-10(18-14-11(8)15)7-4-2-1-3-5-7/h1-5,9H,6,13H2,(H,14,15)(H,16,17)/t9-/m0/s1. The molecule has 1 aromatic carbocycles. The number of benzene rings is 1. The van der Waals surface area contributed by atoms with Crippen molar-refractivity contribution < 1.29 is 14.4 Å². The molecule has 1 heterocycles. The number of aromatic amines is 1. The fraction of sp³-hybridized carbons (Fsp3) is 0.167. The van der Waals surface area contributed by atoms with Gasteiger partial charge in [-0.3, -0.25) is 9.59 Å². The van der Waals surface area contributed by atoms with Crippen molar-refractivity contribution >= 4 is 5.97 Å².